The van der Waals surface area contributed by atoms with Crippen LogP contribution in [0, 0.1) is 6.92 Å². The van der Waals surface area contributed by atoms with Crippen molar-refractivity contribution in [1.29, 1.82) is 0 Å². The lowest BCUT2D eigenvalue weighted by molar-refractivity contribution is -0.139. The van der Waals surface area contributed by atoms with Gasteiger partial charge >= 0.3 is 5.97 Å². The van der Waals surface area contributed by atoms with E-state index in [2.05, 4.69) is 10.2 Å². The molecule has 0 spiro atoms. The molecule has 1 atom stereocenters. The maximum atomic E-state index is 11.3. The van der Waals surface area contributed by atoms with Gasteiger partial charge in [0, 0.05) is 5.56 Å². The quantitative estimate of drug-likeness (QED) is 0.762. The average molecular weight is 306 g/mol. The minimum atomic E-state index is -0.229. The lowest BCUT2D eigenvalue weighted by Gasteiger charge is -2.05. The van der Waals surface area contributed by atoms with Crippen molar-refractivity contribution in [1.82, 2.24) is 10.2 Å². The Morgan fingerprint density at radius 3 is 2.71 bits per heavy atom. The number of hydrogen-bond acceptors (Lipinski definition) is 6. The Kier molecular flexibility index (Phi) is 5.38. The minimum Gasteiger partial charge on any atom is -0.465 e. The third kappa shape index (κ3) is 4.32. The van der Waals surface area contributed by atoms with Gasteiger partial charge in [-0.15, -0.1) is 22.0 Å². The van der Waals surface area contributed by atoms with Crippen molar-refractivity contribution in [2.75, 3.05) is 12.4 Å². The first-order valence-electron chi connectivity index (χ1n) is 6.77. The van der Waals surface area contributed by atoms with Gasteiger partial charge in [0.05, 0.1) is 17.6 Å². The van der Waals surface area contributed by atoms with E-state index >= 15 is 0 Å². The number of benzene rings is 1. The van der Waals surface area contributed by atoms with E-state index < -0.39 is 0 Å². The van der Waals surface area contributed by atoms with E-state index in [1.165, 1.54) is 17.3 Å². The van der Waals surface area contributed by atoms with Crippen molar-refractivity contribution in [3.05, 3.63) is 35.7 Å². The van der Waals surface area contributed by atoms with Crippen LogP contribution in [0.4, 0.5) is 0 Å². The molecular formula is C15H18N2O3S. The molecule has 0 saturated carbocycles. The van der Waals surface area contributed by atoms with Gasteiger partial charge < -0.3 is 9.15 Å². The number of aryl methyl sites for hydroxylation is 1. The number of nitrogens with zero attached hydrogens (tertiary/aromatic N) is 2. The predicted molar refractivity (Wildman–Crippen MR) is 82.0 cm³/mol. The molecular weight excluding hydrogens is 288 g/mol. The second-order valence-electron chi connectivity index (χ2n) is 4.57. The fraction of sp³-hybridized carbons (Fsp3) is 0.400. The first-order valence-corrected chi connectivity index (χ1v) is 7.82. The Morgan fingerprint density at radius 2 is 2.05 bits per heavy atom. The molecule has 1 heterocycles. The van der Waals surface area contributed by atoms with E-state index in [0.29, 0.717) is 18.4 Å². The van der Waals surface area contributed by atoms with E-state index in [4.69, 9.17) is 9.15 Å². The topological polar surface area (TPSA) is 65.2 Å². The Hall–Kier alpha value is -1.82. The minimum absolute atomic E-state index is 0.0545. The maximum Gasteiger partial charge on any atom is 0.315 e. The van der Waals surface area contributed by atoms with Crippen LogP contribution >= 0.6 is 11.8 Å². The van der Waals surface area contributed by atoms with Crippen LogP contribution in [0.1, 0.15) is 30.6 Å². The molecule has 0 N–H and O–H groups in total. The molecule has 2 aromatic rings. The summed E-state index contributed by atoms with van der Waals surface area (Å²) in [5.74, 6) is 1.05. The number of carbonyl (C=O) groups excluding carboxylic acids is 1. The Balaban J connectivity index is 1.99. The molecule has 21 heavy (non-hydrogen) atoms. The van der Waals surface area contributed by atoms with E-state index in [9.17, 15) is 4.79 Å². The number of esters is 1. The van der Waals surface area contributed by atoms with Gasteiger partial charge in [-0.05, 0) is 32.9 Å². The van der Waals surface area contributed by atoms with Gasteiger partial charge in [0.15, 0.2) is 0 Å². The molecule has 0 aliphatic rings. The summed E-state index contributed by atoms with van der Waals surface area (Å²) in [7, 11) is 0. The van der Waals surface area contributed by atoms with Crippen molar-refractivity contribution >= 4 is 17.7 Å². The van der Waals surface area contributed by atoms with Crippen molar-refractivity contribution in [2.24, 2.45) is 0 Å². The fourth-order valence-corrected chi connectivity index (χ4v) is 2.39. The molecule has 6 heteroatoms. The number of ether oxygens (including phenoxy) is 1. The Bertz CT molecular complexity index is 595. The highest BCUT2D eigenvalue weighted by molar-refractivity contribution is 8.00. The molecule has 0 radical (unpaired) electrons. The molecule has 0 aliphatic carbocycles. The number of hydrogen-bond donors (Lipinski definition) is 0. The predicted octanol–water partition coefficient (Wildman–Crippen LogP) is 3.40. The fourth-order valence-electron chi connectivity index (χ4n) is 1.68. The standard InChI is InChI=1S/C15H18N2O3S/c1-4-19-13(18)9-21-11(3)14-16-17-15(20-14)12-7-5-10(2)6-8-12/h5-8,11H,4,9H2,1-3H3. The highest BCUT2D eigenvalue weighted by Gasteiger charge is 2.17. The Labute approximate surface area is 128 Å². The zero-order valence-corrected chi connectivity index (χ0v) is 13.1. The second-order valence-corrected chi connectivity index (χ2v) is 5.90. The second kappa shape index (κ2) is 7.26. The van der Waals surface area contributed by atoms with Crippen LogP contribution in [0.5, 0.6) is 0 Å². The molecule has 2 rings (SSSR count). The van der Waals surface area contributed by atoms with Gasteiger partial charge in [-0.1, -0.05) is 17.7 Å². The van der Waals surface area contributed by atoms with Gasteiger partial charge in [0.1, 0.15) is 0 Å². The molecule has 112 valence electrons. The average Bonchev–Trinajstić information content (AvgIpc) is 2.96. The summed E-state index contributed by atoms with van der Waals surface area (Å²) < 4.78 is 10.6. The van der Waals surface area contributed by atoms with Crippen LogP contribution in [-0.2, 0) is 9.53 Å². The molecule has 1 unspecified atom stereocenters. The zero-order valence-electron chi connectivity index (χ0n) is 12.3. The highest BCUT2D eigenvalue weighted by Crippen LogP contribution is 2.29. The monoisotopic (exact) mass is 306 g/mol. The molecule has 0 aliphatic heterocycles. The summed E-state index contributed by atoms with van der Waals surface area (Å²) >= 11 is 1.42. The zero-order chi connectivity index (χ0) is 15.2. The van der Waals surface area contributed by atoms with E-state index in [-0.39, 0.29) is 17.0 Å². The van der Waals surface area contributed by atoms with Crippen molar-refractivity contribution in [3.8, 4) is 11.5 Å². The van der Waals surface area contributed by atoms with Crippen molar-refractivity contribution < 1.29 is 13.9 Å². The first-order chi connectivity index (χ1) is 10.1. The number of aromatic nitrogens is 2. The van der Waals surface area contributed by atoms with Crippen LogP contribution < -0.4 is 0 Å². The highest BCUT2D eigenvalue weighted by atomic mass is 32.2. The summed E-state index contributed by atoms with van der Waals surface area (Å²) in [5.41, 5.74) is 2.07. The summed E-state index contributed by atoms with van der Waals surface area (Å²) in [6.45, 7) is 6.14. The number of thioether (sulfide) groups is 1. The van der Waals surface area contributed by atoms with E-state index in [1.54, 1.807) is 6.92 Å². The number of carbonyl (C=O) groups is 1. The van der Waals surface area contributed by atoms with Crippen LogP contribution in [0.15, 0.2) is 28.7 Å². The lowest BCUT2D eigenvalue weighted by atomic mass is 10.1. The van der Waals surface area contributed by atoms with Crippen LogP contribution in [0.25, 0.3) is 11.5 Å². The lowest BCUT2D eigenvalue weighted by Crippen LogP contribution is -2.07. The normalized spacial score (nSPS) is 12.1. The SMILES string of the molecule is CCOC(=O)CSC(C)c1nnc(-c2ccc(C)cc2)o1. The van der Waals surface area contributed by atoms with E-state index in [1.807, 2.05) is 38.1 Å². The molecule has 0 fully saturated rings. The molecule has 0 saturated heterocycles. The third-order valence-electron chi connectivity index (χ3n) is 2.84. The molecule has 1 aromatic carbocycles. The van der Waals surface area contributed by atoms with Gasteiger partial charge in [0.25, 0.3) is 0 Å². The van der Waals surface area contributed by atoms with Crippen LogP contribution in [0.3, 0.4) is 0 Å². The Morgan fingerprint density at radius 1 is 1.33 bits per heavy atom. The molecule has 0 bridgehead atoms. The number of rotatable bonds is 6. The smallest absolute Gasteiger partial charge is 0.315 e. The first kappa shape index (κ1) is 15.6. The third-order valence-corrected chi connectivity index (χ3v) is 3.95. The summed E-state index contributed by atoms with van der Waals surface area (Å²) in [6, 6.07) is 7.89. The molecule has 5 nitrogen and oxygen atoms in total. The maximum absolute atomic E-state index is 11.3. The van der Waals surface area contributed by atoms with Gasteiger partial charge in [0.2, 0.25) is 11.8 Å². The van der Waals surface area contributed by atoms with Crippen molar-refractivity contribution in [3.63, 3.8) is 0 Å². The van der Waals surface area contributed by atoms with Crippen LogP contribution in [-0.4, -0.2) is 28.5 Å². The summed E-state index contributed by atoms with van der Waals surface area (Å²) in [5, 5.41) is 8.05. The van der Waals surface area contributed by atoms with Crippen LogP contribution in [0.2, 0.25) is 0 Å². The van der Waals surface area contributed by atoms with Gasteiger partial charge in [-0.25, -0.2) is 0 Å². The summed E-state index contributed by atoms with van der Waals surface area (Å²) in [6.07, 6.45) is 0. The van der Waals surface area contributed by atoms with Gasteiger partial charge in [-0.2, -0.15) is 0 Å². The molecule has 1 aromatic heterocycles. The van der Waals surface area contributed by atoms with E-state index in [0.717, 1.165) is 5.56 Å². The van der Waals surface area contributed by atoms with Crippen molar-refractivity contribution in [2.45, 2.75) is 26.0 Å². The molecule has 0 amide bonds. The van der Waals surface area contributed by atoms with Gasteiger partial charge in [-0.3, -0.25) is 4.79 Å². The summed E-state index contributed by atoms with van der Waals surface area (Å²) in [4.78, 5) is 11.3. The largest absolute Gasteiger partial charge is 0.465 e.